The van der Waals surface area contributed by atoms with Crippen LogP contribution in [0.5, 0.6) is 0 Å². The van der Waals surface area contributed by atoms with Crippen molar-refractivity contribution in [2.45, 2.75) is 19.9 Å². The van der Waals surface area contributed by atoms with Crippen LogP contribution in [0.2, 0.25) is 0 Å². The lowest BCUT2D eigenvalue weighted by Gasteiger charge is -2.24. The van der Waals surface area contributed by atoms with Crippen LogP contribution in [0.15, 0.2) is 84.9 Å². The summed E-state index contributed by atoms with van der Waals surface area (Å²) in [4.78, 5) is 17.2. The quantitative estimate of drug-likeness (QED) is 0.475. The Kier molecular flexibility index (Phi) is 5.03. The molecular weight excluding hydrogens is 398 g/mol. The predicted octanol–water partition coefficient (Wildman–Crippen LogP) is 5.20. The van der Waals surface area contributed by atoms with E-state index in [0.717, 1.165) is 22.4 Å². The zero-order valence-electron chi connectivity index (χ0n) is 17.9. The summed E-state index contributed by atoms with van der Waals surface area (Å²) in [6.07, 6.45) is 2.13. The molecule has 0 unspecified atom stereocenters. The normalized spacial score (nSPS) is 14.8. The SMILES string of the molecule is Cc1ccc(C(=O)Nc2nc3n(n2)[C@H](c2ccccc2)C=C(c2ccc(C)cc2)N3)cc1. The number of allylic oxidation sites excluding steroid dienone is 1. The zero-order valence-corrected chi connectivity index (χ0v) is 17.9. The highest BCUT2D eigenvalue weighted by atomic mass is 16.1. The first kappa shape index (κ1) is 19.8. The minimum absolute atomic E-state index is 0.152. The fraction of sp³-hybridized carbons (Fsp3) is 0.115. The highest BCUT2D eigenvalue weighted by Gasteiger charge is 2.25. The van der Waals surface area contributed by atoms with Crippen LogP contribution in [0, 0.1) is 13.8 Å². The van der Waals surface area contributed by atoms with E-state index in [1.807, 2.05) is 37.3 Å². The molecule has 0 radical (unpaired) electrons. The lowest BCUT2D eigenvalue weighted by Crippen LogP contribution is -2.20. The van der Waals surface area contributed by atoms with E-state index in [1.54, 1.807) is 16.8 Å². The number of hydrogen-bond acceptors (Lipinski definition) is 4. The molecule has 2 heterocycles. The van der Waals surface area contributed by atoms with Gasteiger partial charge in [0.05, 0.1) is 0 Å². The van der Waals surface area contributed by atoms with Crippen LogP contribution in [-0.2, 0) is 0 Å². The number of aryl methyl sites for hydroxylation is 2. The molecule has 1 aliphatic rings. The molecule has 1 aliphatic heterocycles. The van der Waals surface area contributed by atoms with Gasteiger partial charge in [0.25, 0.3) is 11.9 Å². The molecule has 1 aromatic heterocycles. The van der Waals surface area contributed by atoms with Crippen LogP contribution in [0.1, 0.15) is 38.7 Å². The third-order valence-corrected chi connectivity index (χ3v) is 5.51. The van der Waals surface area contributed by atoms with Gasteiger partial charge in [-0.05, 0) is 43.2 Å². The molecule has 6 heteroatoms. The summed E-state index contributed by atoms with van der Waals surface area (Å²) >= 11 is 0. The molecule has 6 nitrogen and oxygen atoms in total. The average molecular weight is 422 g/mol. The first-order valence-corrected chi connectivity index (χ1v) is 10.5. The number of rotatable bonds is 4. The van der Waals surface area contributed by atoms with Crippen LogP contribution in [-0.4, -0.2) is 20.7 Å². The molecule has 0 aliphatic carbocycles. The third-order valence-electron chi connectivity index (χ3n) is 5.51. The third kappa shape index (κ3) is 3.90. The van der Waals surface area contributed by atoms with E-state index in [9.17, 15) is 4.79 Å². The fourth-order valence-corrected chi connectivity index (χ4v) is 3.71. The van der Waals surface area contributed by atoms with Crippen molar-refractivity contribution >= 4 is 23.5 Å². The molecule has 0 saturated carbocycles. The second-order valence-electron chi connectivity index (χ2n) is 7.95. The minimum Gasteiger partial charge on any atom is -0.324 e. The summed E-state index contributed by atoms with van der Waals surface area (Å²) in [5, 5.41) is 10.8. The number of aromatic nitrogens is 3. The molecule has 0 bridgehead atoms. The summed E-state index contributed by atoms with van der Waals surface area (Å²) in [6, 6.07) is 25.7. The number of carbonyl (C=O) groups excluding carboxylic acids is 1. The Morgan fingerprint density at radius 2 is 1.56 bits per heavy atom. The first-order valence-electron chi connectivity index (χ1n) is 10.5. The van der Waals surface area contributed by atoms with Crippen molar-refractivity contribution in [2.75, 3.05) is 10.6 Å². The van der Waals surface area contributed by atoms with Crippen LogP contribution < -0.4 is 10.6 Å². The van der Waals surface area contributed by atoms with Gasteiger partial charge in [-0.1, -0.05) is 77.9 Å². The van der Waals surface area contributed by atoms with Gasteiger partial charge in [-0.15, -0.1) is 5.10 Å². The molecular formula is C26H23N5O. The van der Waals surface area contributed by atoms with Crippen LogP contribution in [0.4, 0.5) is 11.9 Å². The fourth-order valence-electron chi connectivity index (χ4n) is 3.71. The smallest absolute Gasteiger partial charge is 0.258 e. The van der Waals surface area contributed by atoms with Gasteiger partial charge in [0, 0.05) is 11.3 Å². The second kappa shape index (κ2) is 8.15. The molecule has 0 spiro atoms. The number of carbonyl (C=O) groups is 1. The molecule has 1 amide bonds. The Balaban J connectivity index is 1.49. The lowest BCUT2D eigenvalue weighted by atomic mass is 10.0. The largest absolute Gasteiger partial charge is 0.324 e. The molecule has 5 rings (SSSR count). The van der Waals surface area contributed by atoms with Crippen molar-refractivity contribution in [2.24, 2.45) is 0 Å². The number of benzene rings is 3. The van der Waals surface area contributed by atoms with Gasteiger partial charge in [0.2, 0.25) is 5.95 Å². The topological polar surface area (TPSA) is 71.8 Å². The van der Waals surface area contributed by atoms with Crippen molar-refractivity contribution in [1.82, 2.24) is 14.8 Å². The molecule has 158 valence electrons. The van der Waals surface area contributed by atoms with Crippen molar-refractivity contribution in [3.63, 3.8) is 0 Å². The van der Waals surface area contributed by atoms with Crippen LogP contribution in [0.25, 0.3) is 5.70 Å². The highest BCUT2D eigenvalue weighted by molar-refractivity contribution is 6.03. The maximum atomic E-state index is 12.7. The number of fused-ring (bicyclic) bond motifs is 1. The van der Waals surface area contributed by atoms with Crippen LogP contribution >= 0.6 is 0 Å². The molecule has 32 heavy (non-hydrogen) atoms. The second-order valence-corrected chi connectivity index (χ2v) is 7.95. The average Bonchev–Trinajstić information content (AvgIpc) is 3.22. The van der Waals surface area contributed by atoms with E-state index in [2.05, 4.69) is 70.1 Å². The molecule has 0 fully saturated rings. The van der Waals surface area contributed by atoms with E-state index in [1.165, 1.54) is 5.56 Å². The summed E-state index contributed by atoms with van der Waals surface area (Å²) in [7, 11) is 0. The molecule has 3 aromatic carbocycles. The van der Waals surface area contributed by atoms with Crippen molar-refractivity contribution in [3.8, 4) is 0 Å². The number of nitrogens with zero attached hydrogens (tertiary/aromatic N) is 3. The molecule has 4 aromatic rings. The Labute approximate surface area is 186 Å². The van der Waals surface area contributed by atoms with Gasteiger partial charge in [0.1, 0.15) is 6.04 Å². The van der Waals surface area contributed by atoms with Gasteiger partial charge in [-0.25, -0.2) is 4.68 Å². The number of nitrogens with one attached hydrogen (secondary N) is 2. The van der Waals surface area contributed by atoms with E-state index < -0.39 is 0 Å². The maximum absolute atomic E-state index is 12.7. The van der Waals surface area contributed by atoms with Gasteiger partial charge >= 0.3 is 0 Å². The summed E-state index contributed by atoms with van der Waals surface area (Å²) in [5.74, 6) is 0.602. The van der Waals surface area contributed by atoms with Gasteiger partial charge < -0.3 is 5.32 Å². The van der Waals surface area contributed by atoms with E-state index in [0.29, 0.717) is 11.5 Å². The minimum atomic E-state index is -0.240. The van der Waals surface area contributed by atoms with Gasteiger partial charge in [0.15, 0.2) is 0 Å². The summed E-state index contributed by atoms with van der Waals surface area (Å²) in [6.45, 7) is 4.06. The lowest BCUT2D eigenvalue weighted by molar-refractivity contribution is 0.102. The van der Waals surface area contributed by atoms with Crippen molar-refractivity contribution in [3.05, 3.63) is 113 Å². The van der Waals surface area contributed by atoms with E-state index >= 15 is 0 Å². The van der Waals surface area contributed by atoms with E-state index in [-0.39, 0.29) is 17.9 Å². The summed E-state index contributed by atoms with van der Waals surface area (Å²) in [5.41, 5.74) is 5.97. The Morgan fingerprint density at radius 1 is 0.906 bits per heavy atom. The molecule has 1 atom stereocenters. The van der Waals surface area contributed by atoms with Gasteiger partial charge in [-0.2, -0.15) is 4.98 Å². The van der Waals surface area contributed by atoms with Crippen molar-refractivity contribution in [1.29, 1.82) is 0 Å². The van der Waals surface area contributed by atoms with Gasteiger partial charge in [-0.3, -0.25) is 10.1 Å². The predicted molar refractivity (Wildman–Crippen MR) is 127 cm³/mol. The highest BCUT2D eigenvalue weighted by Crippen LogP contribution is 2.33. The standard InChI is InChI=1S/C26H23N5O/c1-17-8-12-19(13-9-17)22-16-23(20-6-4-3-5-7-20)31-26(27-22)29-25(30-31)28-24(32)21-14-10-18(2)11-15-21/h3-16,23H,1-2H3,(H2,27,28,29,30,32)/t23-/m0/s1. The Morgan fingerprint density at radius 3 is 2.25 bits per heavy atom. The monoisotopic (exact) mass is 421 g/mol. The number of amides is 1. The Hall–Kier alpha value is -4.19. The van der Waals surface area contributed by atoms with Crippen LogP contribution in [0.3, 0.4) is 0 Å². The first-order chi connectivity index (χ1) is 15.6. The molecule has 0 saturated heterocycles. The number of hydrogen-bond donors (Lipinski definition) is 2. The summed E-state index contributed by atoms with van der Waals surface area (Å²) < 4.78 is 1.80. The Bertz CT molecular complexity index is 1290. The zero-order chi connectivity index (χ0) is 22.1. The van der Waals surface area contributed by atoms with Crippen molar-refractivity contribution < 1.29 is 4.79 Å². The number of anilines is 2. The van der Waals surface area contributed by atoms with E-state index in [4.69, 9.17) is 0 Å². The maximum Gasteiger partial charge on any atom is 0.258 e. The molecule has 2 N–H and O–H groups in total.